The van der Waals surface area contributed by atoms with Gasteiger partial charge >= 0.3 is 12.2 Å². The van der Waals surface area contributed by atoms with E-state index < -0.39 is 35.5 Å². The molecule has 8 nitrogen and oxygen atoms in total. The van der Waals surface area contributed by atoms with Crippen LogP contribution in [0.5, 0.6) is 0 Å². The molecule has 2 amide bonds. The first-order chi connectivity index (χ1) is 12.8. The number of carbonyl (C=O) groups is 4. The van der Waals surface area contributed by atoms with Crippen LogP contribution in [0.1, 0.15) is 54.4 Å². The first-order valence-corrected chi connectivity index (χ1v) is 9.21. The van der Waals surface area contributed by atoms with E-state index in [2.05, 4.69) is 0 Å². The Hall–Kier alpha value is -2.64. The van der Waals surface area contributed by atoms with E-state index in [1.807, 2.05) is 0 Å². The Morgan fingerprint density at radius 1 is 0.786 bits per heavy atom. The van der Waals surface area contributed by atoms with Crippen molar-refractivity contribution in [3.05, 3.63) is 24.6 Å². The molecule has 2 aliphatic rings. The van der Waals surface area contributed by atoms with Crippen LogP contribution in [0.15, 0.2) is 24.6 Å². The van der Waals surface area contributed by atoms with Gasteiger partial charge in [-0.05, 0) is 53.7 Å². The highest BCUT2D eigenvalue weighted by molar-refractivity contribution is 5.94. The number of hydrogen-bond acceptors (Lipinski definition) is 6. The number of hydrogen-bond donors (Lipinski definition) is 0. The number of amides is 2. The first-order valence-electron chi connectivity index (χ1n) is 9.21. The normalized spacial score (nSPS) is 23.1. The van der Waals surface area contributed by atoms with Crippen LogP contribution in [0.4, 0.5) is 9.59 Å². The van der Waals surface area contributed by atoms with E-state index in [-0.39, 0.29) is 24.4 Å². The van der Waals surface area contributed by atoms with Gasteiger partial charge in [-0.2, -0.15) is 0 Å². The summed E-state index contributed by atoms with van der Waals surface area (Å²) < 4.78 is 10.8. The Labute approximate surface area is 165 Å². The van der Waals surface area contributed by atoms with Gasteiger partial charge in [0.15, 0.2) is 11.6 Å². The predicted octanol–water partition coefficient (Wildman–Crippen LogP) is 3.17. The van der Waals surface area contributed by atoms with Crippen molar-refractivity contribution in [3.8, 4) is 0 Å². The quantitative estimate of drug-likeness (QED) is 0.680. The second-order valence-corrected chi connectivity index (χ2v) is 8.88. The Morgan fingerprint density at radius 2 is 1.11 bits per heavy atom. The zero-order valence-corrected chi connectivity index (χ0v) is 17.2. The van der Waals surface area contributed by atoms with E-state index in [1.54, 1.807) is 41.5 Å². The summed E-state index contributed by atoms with van der Waals surface area (Å²) in [5, 5.41) is 0. The maximum atomic E-state index is 12.7. The van der Waals surface area contributed by atoms with Crippen LogP contribution < -0.4 is 0 Å². The summed E-state index contributed by atoms with van der Waals surface area (Å²) in [5.74, 6) is -0.396. The standard InChI is InChI=1S/C20H28N2O6/c1-19(2,3)27-17(25)21-9-7-13(23)11-15(21)16-12-14(24)8-10-22(16)18(26)28-20(4,5)6/h7-10,15-16H,11-12H2,1-6H3/t15-,16-/m1/s1. The van der Waals surface area contributed by atoms with Crippen LogP contribution in [0, 0.1) is 0 Å². The highest BCUT2D eigenvalue weighted by Gasteiger charge is 2.42. The topological polar surface area (TPSA) is 93.2 Å². The molecule has 28 heavy (non-hydrogen) atoms. The van der Waals surface area contributed by atoms with Crippen molar-refractivity contribution in [3.63, 3.8) is 0 Å². The van der Waals surface area contributed by atoms with Gasteiger partial charge in [0.1, 0.15) is 11.2 Å². The molecule has 0 bridgehead atoms. The van der Waals surface area contributed by atoms with Crippen LogP contribution >= 0.6 is 0 Å². The Morgan fingerprint density at radius 3 is 1.39 bits per heavy atom. The molecule has 0 aromatic carbocycles. The second kappa shape index (κ2) is 7.77. The molecule has 0 unspecified atom stereocenters. The third-order valence-corrected chi connectivity index (χ3v) is 4.03. The van der Waals surface area contributed by atoms with Crippen molar-refractivity contribution >= 4 is 23.8 Å². The van der Waals surface area contributed by atoms with Crippen molar-refractivity contribution in [2.75, 3.05) is 0 Å². The average Bonchev–Trinajstić information content (AvgIpc) is 2.51. The van der Waals surface area contributed by atoms with Crippen molar-refractivity contribution in [2.24, 2.45) is 0 Å². The number of ether oxygens (including phenoxy) is 2. The number of rotatable bonds is 1. The van der Waals surface area contributed by atoms with Gasteiger partial charge < -0.3 is 9.47 Å². The van der Waals surface area contributed by atoms with Crippen LogP contribution in [-0.4, -0.2) is 56.8 Å². The number of nitrogens with zero attached hydrogens (tertiary/aromatic N) is 2. The fraction of sp³-hybridized carbons (Fsp3) is 0.600. The molecule has 8 heteroatoms. The molecule has 154 valence electrons. The number of ketones is 2. The van der Waals surface area contributed by atoms with E-state index in [1.165, 1.54) is 34.4 Å². The van der Waals surface area contributed by atoms with Gasteiger partial charge in [0.2, 0.25) is 0 Å². The molecule has 2 atom stereocenters. The van der Waals surface area contributed by atoms with Gasteiger partial charge in [-0.25, -0.2) is 9.59 Å². The van der Waals surface area contributed by atoms with Crippen LogP contribution in [0.25, 0.3) is 0 Å². The van der Waals surface area contributed by atoms with Gasteiger partial charge in [-0.3, -0.25) is 19.4 Å². The minimum Gasteiger partial charge on any atom is -0.443 e. The summed E-state index contributed by atoms with van der Waals surface area (Å²) in [6.45, 7) is 10.4. The zero-order chi connectivity index (χ0) is 21.3. The lowest BCUT2D eigenvalue weighted by molar-refractivity contribution is -0.120. The molecule has 0 aliphatic carbocycles. The fourth-order valence-corrected chi connectivity index (χ4v) is 2.96. The maximum Gasteiger partial charge on any atom is 0.414 e. The first kappa shape index (κ1) is 21.7. The molecule has 0 saturated heterocycles. The number of carbonyl (C=O) groups excluding carboxylic acids is 4. The van der Waals surface area contributed by atoms with E-state index >= 15 is 0 Å². The largest absolute Gasteiger partial charge is 0.443 e. The summed E-state index contributed by atoms with van der Waals surface area (Å²) in [7, 11) is 0. The molecule has 0 aromatic heterocycles. The Kier molecular flexibility index (Phi) is 6.01. The van der Waals surface area contributed by atoms with E-state index in [0.717, 1.165) is 0 Å². The molecule has 2 aliphatic heterocycles. The second-order valence-electron chi connectivity index (χ2n) is 8.88. The summed E-state index contributed by atoms with van der Waals surface area (Å²) in [4.78, 5) is 52.0. The summed E-state index contributed by atoms with van der Waals surface area (Å²) in [6, 6.07) is -1.48. The monoisotopic (exact) mass is 392 g/mol. The van der Waals surface area contributed by atoms with Gasteiger partial charge in [0.25, 0.3) is 0 Å². The molecule has 2 rings (SSSR count). The fourth-order valence-electron chi connectivity index (χ4n) is 2.96. The Bertz CT molecular complexity index is 664. The summed E-state index contributed by atoms with van der Waals surface area (Å²) in [6.07, 6.45) is 3.93. The molecule has 0 radical (unpaired) electrons. The van der Waals surface area contributed by atoms with Crippen LogP contribution in [-0.2, 0) is 19.1 Å². The van der Waals surface area contributed by atoms with Crippen molar-refractivity contribution in [1.82, 2.24) is 9.80 Å². The molecule has 0 fully saturated rings. The zero-order valence-electron chi connectivity index (χ0n) is 17.2. The van der Waals surface area contributed by atoms with Crippen molar-refractivity contribution < 1.29 is 28.7 Å². The van der Waals surface area contributed by atoms with Crippen LogP contribution in [0.3, 0.4) is 0 Å². The van der Waals surface area contributed by atoms with Gasteiger partial charge in [-0.15, -0.1) is 0 Å². The molecular formula is C20H28N2O6. The van der Waals surface area contributed by atoms with Crippen LogP contribution in [0.2, 0.25) is 0 Å². The lowest BCUT2D eigenvalue weighted by Crippen LogP contribution is -2.56. The molecule has 0 N–H and O–H groups in total. The lowest BCUT2D eigenvalue weighted by atomic mass is 9.91. The smallest absolute Gasteiger partial charge is 0.414 e. The van der Waals surface area contributed by atoms with Crippen molar-refractivity contribution in [2.45, 2.75) is 77.7 Å². The highest BCUT2D eigenvalue weighted by Crippen LogP contribution is 2.28. The Balaban J connectivity index is 2.34. The summed E-state index contributed by atoms with van der Waals surface area (Å²) >= 11 is 0. The predicted molar refractivity (Wildman–Crippen MR) is 101 cm³/mol. The van der Waals surface area contributed by atoms with E-state index in [0.29, 0.717) is 0 Å². The SMILES string of the molecule is CC(C)(C)OC(=O)N1C=CC(=O)C[C@@H]1[C@H]1CC(=O)C=CN1C(=O)OC(C)(C)C. The number of allylic oxidation sites excluding steroid dienone is 2. The third-order valence-electron chi connectivity index (χ3n) is 4.03. The maximum absolute atomic E-state index is 12.7. The summed E-state index contributed by atoms with van der Waals surface area (Å²) in [5.41, 5.74) is -1.46. The highest BCUT2D eigenvalue weighted by atomic mass is 16.6. The van der Waals surface area contributed by atoms with E-state index in [9.17, 15) is 19.2 Å². The van der Waals surface area contributed by atoms with Gasteiger partial charge in [-0.1, -0.05) is 0 Å². The molecule has 2 heterocycles. The minimum absolute atomic E-state index is 0.0270. The van der Waals surface area contributed by atoms with E-state index in [4.69, 9.17) is 9.47 Å². The third kappa shape index (κ3) is 5.68. The minimum atomic E-state index is -0.742. The van der Waals surface area contributed by atoms with Crippen molar-refractivity contribution in [1.29, 1.82) is 0 Å². The molecule has 0 saturated carbocycles. The van der Waals surface area contributed by atoms with Gasteiger partial charge in [0.05, 0.1) is 12.1 Å². The molecular weight excluding hydrogens is 364 g/mol. The average molecular weight is 392 g/mol. The lowest BCUT2D eigenvalue weighted by Gasteiger charge is -2.42. The molecule has 0 spiro atoms. The van der Waals surface area contributed by atoms with Gasteiger partial charge in [0, 0.05) is 25.2 Å². The molecule has 0 aromatic rings.